The minimum absolute atomic E-state index is 0.204. The highest BCUT2D eigenvalue weighted by Gasteiger charge is 2.37. The topological polar surface area (TPSA) is 27.0 Å². The Hall–Kier alpha value is -0.550. The third kappa shape index (κ3) is 3.22. The van der Waals surface area contributed by atoms with Crippen LogP contribution >= 0.6 is 0 Å². The molecular weight excluding hydrogens is 208 g/mol. The maximum absolute atomic E-state index is 9.33. The summed E-state index contributed by atoms with van der Waals surface area (Å²) in [4.78, 5) is 2.46. The van der Waals surface area contributed by atoms with Crippen molar-refractivity contribution in [3.05, 3.63) is 0 Å². The van der Waals surface area contributed by atoms with Gasteiger partial charge in [0.15, 0.2) is 0 Å². The van der Waals surface area contributed by atoms with Crippen LogP contribution in [-0.4, -0.2) is 23.5 Å². The summed E-state index contributed by atoms with van der Waals surface area (Å²) in [6.07, 6.45) is 5.92. The second-order valence-corrected chi connectivity index (χ2v) is 6.17. The summed E-state index contributed by atoms with van der Waals surface area (Å²) < 4.78 is 0. The number of rotatable bonds is 4. The van der Waals surface area contributed by atoms with E-state index in [0.717, 1.165) is 18.8 Å². The zero-order valence-corrected chi connectivity index (χ0v) is 12.2. The van der Waals surface area contributed by atoms with Crippen molar-refractivity contribution >= 4 is 0 Å². The quantitative estimate of drug-likeness (QED) is 0.742. The number of hydrogen-bond acceptors (Lipinski definition) is 2. The van der Waals surface area contributed by atoms with E-state index >= 15 is 0 Å². The van der Waals surface area contributed by atoms with Gasteiger partial charge in [0.05, 0.1) is 12.0 Å². The van der Waals surface area contributed by atoms with Gasteiger partial charge in [0, 0.05) is 11.6 Å². The lowest BCUT2D eigenvalue weighted by Gasteiger charge is -2.46. The van der Waals surface area contributed by atoms with Gasteiger partial charge < -0.3 is 0 Å². The third-order valence-corrected chi connectivity index (χ3v) is 4.99. The number of hydrogen-bond donors (Lipinski definition) is 0. The summed E-state index contributed by atoms with van der Waals surface area (Å²) in [6.45, 7) is 9.09. The molecule has 0 amide bonds. The van der Waals surface area contributed by atoms with Crippen LogP contribution in [0.25, 0.3) is 0 Å². The summed E-state index contributed by atoms with van der Waals surface area (Å²) in [5.41, 5.74) is 0.204. The van der Waals surface area contributed by atoms with Gasteiger partial charge in [0.2, 0.25) is 0 Å². The van der Waals surface area contributed by atoms with Gasteiger partial charge in [-0.1, -0.05) is 20.3 Å². The van der Waals surface area contributed by atoms with Gasteiger partial charge in [-0.15, -0.1) is 0 Å². The molecule has 0 aromatic rings. The lowest BCUT2D eigenvalue weighted by molar-refractivity contribution is 0.0397. The van der Waals surface area contributed by atoms with E-state index in [9.17, 15) is 5.26 Å². The van der Waals surface area contributed by atoms with Crippen LogP contribution in [0.15, 0.2) is 0 Å². The van der Waals surface area contributed by atoms with Gasteiger partial charge in [-0.05, 0) is 52.5 Å². The molecule has 1 aliphatic carbocycles. The van der Waals surface area contributed by atoms with Gasteiger partial charge in [-0.3, -0.25) is 4.90 Å². The molecular formula is C15H28N2. The molecule has 1 aliphatic rings. The van der Waals surface area contributed by atoms with E-state index in [4.69, 9.17) is 0 Å². The molecule has 0 aromatic carbocycles. The maximum atomic E-state index is 9.33. The molecule has 3 atom stereocenters. The molecule has 0 bridgehead atoms. The molecule has 3 unspecified atom stereocenters. The van der Waals surface area contributed by atoms with E-state index in [1.165, 1.54) is 19.3 Å². The second kappa shape index (κ2) is 5.87. The van der Waals surface area contributed by atoms with E-state index < -0.39 is 0 Å². The molecule has 1 rings (SSSR count). The lowest BCUT2D eigenvalue weighted by Crippen LogP contribution is -2.51. The maximum Gasteiger partial charge on any atom is 0.0672 e. The van der Waals surface area contributed by atoms with E-state index in [1.54, 1.807) is 0 Å². The molecule has 17 heavy (non-hydrogen) atoms. The van der Waals surface area contributed by atoms with Crippen LogP contribution in [-0.2, 0) is 0 Å². The van der Waals surface area contributed by atoms with Crippen LogP contribution in [0.5, 0.6) is 0 Å². The smallest absolute Gasteiger partial charge is 0.0672 e. The largest absolute Gasteiger partial charge is 0.297 e. The Kier molecular flexibility index (Phi) is 5.01. The predicted octanol–water partition coefficient (Wildman–Crippen LogP) is 3.83. The van der Waals surface area contributed by atoms with Gasteiger partial charge in [0.1, 0.15) is 0 Å². The molecule has 0 heterocycles. The molecule has 0 spiro atoms. The van der Waals surface area contributed by atoms with Crippen molar-refractivity contribution in [2.75, 3.05) is 7.05 Å². The highest BCUT2D eigenvalue weighted by atomic mass is 15.2. The van der Waals surface area contributed by atoms with Crippen LogP contribution in [0.4, 0.5) is 0 Å². The Morgan fingerprint density at radius 3 is 2.41 bits per heavy atom. The van der Waals surface area contributed by atoms with Crippen LogP contribution in [0.2, 0.25) is 0 Å². The van der Waals surface area contributed by atoms with E-state index in [1.807, 2.05) is 0 Å². The van der Waals surface area contributed by atoms with E-state index in [2.05, 4.69) is 45.7 Å². The highest BCUT2D eigenvalue weighted by molar-refractivity contribution is 4.99. The van der Waals surface area contributed by atoms with Gasteiger partial charge in [-0.25, -0.2) is 0 Å². The third-order valence-electron chi connectivity index (χ3n) is 4.99. The first kappa shape index (κ1) is 14.5. The monoisotopic (exact) mass is 236 g/mol. The van der Waals surface area contributed by atoms with Crippen molar-refractivity contribution in [1.82, 2.24) is 4.90 Å². The normalized spacial score (nSPS) is 30.3. The fraction of sp³-hybridized carbons (Fsp3) is 0.933. The van der Waals surface area contributed by atoms with Crippen molar-refractivity contribution in [3.63, 3.8) is 0 Å². The van der Waals surface area contributed by atoms with Crippen LogP contribution in [0, 0.1) is 23.2 Å². The lowest BCUT2D eigenvalue weighted by atomic mass is 9.76. The molecule has 2 heteroatoms. The summed E-state index contributed by atoms with van der Waals surface area (Å²) in [7, 11) is 2.20. The fourth-order valence-electron chi connectivity index (χ4n) is 2.88. The zero-order valence-electron chi connectivity index (χ0n) is 12.2. The van der Waals surface area contributed by atoms with Crippen LogP contribution in [0.3, 0.4) is 0 Å². The number of nitrogens with zero attached hydrogens (tertiary/aromatic N) is 2. The Morgan fingerprint density at radius 1 is 1.29 bits per heavy atom. The fourth-order valence-corrected chi connectivity index (χ4v) is 2.88. The minimum atomic E-state index is 0.204. The summed E-state index contributed by atoms with van der Waals surface area (Å²) in [5, 5.41) is 9.33. The predicted molar refractivity (Wildman–Crippen MR) is 72.7 cm³/mol. The van der Waals surface area contributed by atoms with Gasteiger partial charge in [-0.2, -0.15) is 5.26 Å². The van der Waals surface area contributed by atoms with Gasteiger partial charge >= 0.3 is 0 Å². The first-order valence-electron chi connectivity index (χ1n) is 7.08. The summed E-state index contributed by atoms with van der Waals surface area (Å²) in [6, 6.07) is 2.99. The Balaban J connectivity index is 2.80. The van der Waals surface area contributed by atoms with Crippen LogP contribution < -0.4 is 0 Å². The average Bonchev–Trinajstić information content (AvgIpc) is 2.36. The second-order valence-electron chi connectivity index (χ2n) is 6.17. The van der Waals surface area contributed by atoms with Crippen molar-refractivity contribution in [1.29, 1.82) is 5.26 Å². The Morgan fingerprint density at radius 2 is 1.94 bits per heavy atom. The standard InChI is InChI=1S/C15H28N2/c1-6-12-8-9-13(11-16)14(10-12)17(5)15(3,4)7-2/h12-14H,6-10H2,1-5H3. The van der Waals surface area contributed by atoms with Crippen molar-refractivity contribution in [2.45, 2.75) is 71.4 Å². The number of nitriles is 1. The summed E-state index contributed by atoms with van der Waals surface area (Å²) in [5.74, 6) is 1.05. The average molecular weight is 236 g/mol. The molecule has 0 radical (unpaired) electrons. The molecule has 0 saturated heterocycles. The minimum Gasteiger partial charge on any atom is -0.297 e. The Bertz CT molecular complexity index is 277. The first-order valence-corrected chi connectivity index (χ1v) is 7.08. The van der Waals surface area contributed by atoms with E-state index in [0.29, 0.717) is 6.04 Å². The Labute approximate surface area is 107 Å². The first-order chi connectivity index (χ1) is 7.96. The molecule has 0 aromatic heterocycles. The zero-order chi connectivity index (χ0) is 13.1. The highest BCUT2D eigenvalue weighted by Crippen LogP contribution is 2.36. The molecule has 1 saturated carbocycles. The van der Waals surface area contributed by atoms with Gasteiger partial charge in [0.25, 0.3) is 0 Å². The summed E-state index contributed by atoms with van der Waals surface area (Å²) >= 11 is 0. The van der Waals surface area contributed by atoms with Crippen molar-refractivity contribution in [2.24, 2.45) is 11.8 Å². The molecule has 0 N–H and O–H groups in total. The molecule has 0 aliphatic heterocycles. The molecule has 98 valence electrons. The SMILES string of the molecule is CCC1CCC(C#N)C(N(C)C(C)(C)CC)C1. The van der Waals surface area contributed by atoms with Crippen LogP contribution in [0.1, 0.15) is 59.8 Å². The molecule has 1 fully saturated rings. The molecule has 2 nitrogen and oxygen atoms in total. The van der Waals surface area contributed by atoms with E-state index in [-0.39, 0.29) is 11.5 Å². The van der Waals surface area contributed by atoms with Crippen molar-refractivity contribution in [3.8, 4) is 6.07 Å². The van der Waals surface area contributed by atoms with Crippen molar-refractivity contribution < 1.29 is 0 Å².